The summed E-state index contributed by atoms with van der Waals surface area (Å²) in [5.41, 5.74) is 1.10. The van der Waals surface area contributed by atoms with Crippen LogP contribution in [0.15, 0.2) is 11.4 Å². The first-order valence-corrected chi connectivity index (χ1v) is 10.7. The van der Waals surface area contributed by atoms with Crippen LogP contribution in [0.1, 0.15) is 34.5 Å². The first-order chi connectivity index (χ1) is 11.7. The predicted octanol–water partition coefficient (Wildman–Crippen LogP) is 3.20. The molecule has 1 aromatic heterocycles. The molecule has 0 aromatic carbocycles. The van der Waals surface area contributed by atoms with E-state index in [1.54, 1.807) is 11.3 Å². The first kappa shape index (κ1) is 16.9. The minimum Gasteiger partial charge on any atom is -0.381 e. The maximum atomic E-state index is 12.5. The Morgan fingerprint density at radius 1 is 1.42 bits per heavy atom. The van der Waals surface area contributed by atoms with Crippen molar-refractivity contribution in [1.82, 2.24) is 4.90 Å². The molecule has 4 nitrogen and oxygen atoms in total. The van der Waals surface area contributed by atoms with E-state index in [4.69, 9.17) is 9.47 Å². The Balaban J connectivity index is 1.24. The van der Waals surface area contributed by atoms with Gasteiger partial charge < -0.3 is 14.4 Å². The Morgan fingerprint density at radius 3 is 2.92 bits per heavy atom. The van der Waals surface area contributed by atoms with E-state index in [2.05, 4.69) is 0 Å². The van der Waals surface area contributed by atoms with Crippen LogP contribution >= 0.6 is 23.1 Å². The molecule has 0 N–H and O–H groups in total. The van der Waals surface area contributed by atoms with E-state index in [1.807, 2.05) is 35.0 Å². The zero-order chi connectivity index (χ0) is 16.6. The lowest BCUT2D eigenvalue weighted by molar-refractivity contribution is -0.0118. The molecule has 0 radical (unpaired) electrons. The zero-order valence-corrected chi connectivity index (χ0v) is 15.8. The summed E-state index contributed by atoms with van der Waals surface area (Å²) in [7, 11) is 0. The van der Waals surface area contributed by atoms with Crippen molar-refractivity contribution in [1.29, 1.82) is 0 Å². The van der Waals surface area contributed by atoms with Crippen LogP contribution in [-0.4, -0.2) is 60.3 Å². The third-order valence-electron chi connectivity index (χ3n) is 5.39. The van der Waals surface area contributed by atoms with Gasteiger partial charge in [0.2, 0.25) is 0 Å². The number of hydrogen-bond acceptors (Lipinski definition) is 5. The molecule has 6 heteroatoms. The van der Waals surface area contributed by atoms with Crippen molar-refractivity contribution >= 4 is 29.0 Å². The van der Waals surface area contributed by atoms with Gasteiger partial charge in [0.15, 0.2) is 0 Å². The third-order valence-corrected chi connectivity index (χ3v) is 7.97. The number of amides is 1. The van der Waals surface area contributed by atoms with Gasteiger partial charge in [-0.1, -0.05) is 0 Å². The van der Waals surface area contributed by atoms with Gasteiger partial charge >= 0.3 is 0 Å². The van der Waals surface area contributed by atoms with Crippen LogP contribution in [0.25, 0.3) is 0 Å². The molecular formula is C18H25NO3S2. The van der Waals surface area contributed by atoms with Gasteiger partial charge in [-0.15, -0.1) is 23.1 Å². The number of carbonyl (C=O) groups excluding carboxylic acids is 1. The van der Waals surface area contributed by atoms with E-state index in [1.165, 1.54) is 0 Å². The summed E-state index contributed by atoms with van der Waals surface area (Å²) >= 11 is 3.57. The van der Waals surface area contributed by atoms with Crippen molar-refractivity contribution in [2.24, 2.45) is 5.92 Å². The summed E-state index contributed by atoms with van der Waals surface area (Å²) < 4.78 is 11.8. The van der Waals surface area contributed by atoms with Crippen molar-refractivity contribution in [2.45, 2.75) is 37.0 Å². The van der Waals surface area contributed by atoms with Gasteiger partial charge in [-0.2, -0.15) is 0 Å². The summed E-state index contributed by atoms with van der Waals surface area (Å²) in [5, 5.41) is 2.00. The Hall–Kier alpha value is -0.560. The molecule has 132 valence electrons. The molecule has 4 heterocycles. The van der Waals surface area contributed by atoms with Crippen molar-refractivity contribution in [3.63, 3.8) is 0 Å². The van der Waals surface area contributed by atoms with Crippen molar-refractivity contribution in [3.8, 4) is 0 Å². The highest BCUT2D eigenvalue weighted by atomic mass is 32.2. The van der Waals surface area contributed by atoms with Crippen molar-refractivity contribution < 1.29 is 14.3 Å². The maximum Gasteiger partial charge on any atom is 0.264 e. The summed E-state index contributed by atoms with van der Waals surface area (Å²) in [6, 6.07) is 2.03. The Kier molecular flexibility index (Phi) is 4.91. The van der Waals surface area contributed by atoms with Crippen LogP contribution < -0.4 is 0 Å². The molecule has 3 aliphatic rings. The largest absolute Gasteiger partial charge is 0.381 e. The van der Waals surface area contributed by atoms with E-state index in [9.17, 15) is 4.79 Å². The fraction of sp³-hybridized carbons (Fsp3) is 0.722. The summed E-state index contributed by atoms with van der Waals surface area (Å²) in [6.07, 6.45) is 3.72. The zero-order valence-electron chi connectivity index (χ0n) is 14.2. The van der Waals surface area contributed by atoms with Gasteiger partial charge in [0.1, 0.15) is 0 Å². The number of carbonyl (C=O) groups is 1. The maximum absolute atomic E-state index is 12.5. The molecule has 0 bridgehead atoms. The molecular weight excluding hydrogens is 342 g/mol. The first-order valence-electron chi connectivity index (χ1n) is 8.82. The van der Waals surface area contributed by atoms with Crippen LogP contribution in [0.2, 0.25) is 0 Å². The van der Waals surface area contributed by atoms with Crippen LogP contribution in [0.5, 0.6) is 0 Å². The Labute approximate surface area is 151 Å². The number of hydrogen-bond donors (Lipinski definition) is 0. The van der Waals surface area contributed by atoms with E-state index in [0.29, 0.717) is 12.0 Å². The Bertz CT molecular complexity index is 591. The number of ether oxygens (including phenoxy) is 2. The SMILES string of the molecule is Cc1ccsc1C(=O)N1CC2(C[C@H](OCC3CCOCC3)CS2)C1. The fourth-order valence-corrected chi connectivity index (χ4v) is 6.29. The molecule has 1 aromatic rings. The standard InChI is InChI=1S/C18H25NO3S2/c1-13-4-7-23-16(13)17(20)19-11-18(12-19)8-15(10-24-18)22-9-14-2-5-21-6-3-14/h4,7,14-15H,2-3,5-6,8-12H2,1H3/t15-/m0/s1. The number of thiophene rings is 1. The topological polar surface area (TPSA) is 38.8 Å². The molecule has 0 unspecified atom stereocenters. The summed E-state index contributed by atoms with van der Waals surface area (Å²) in [4.78, 5) is 15.5. The number of rotatable bonds is 4. The van der Waals surface area contributed by atoms with Crippen LogP contribution in [0.3, 0.4) is 0 Å². The average molecular weight is 368 g/mol. The number of aryl methyl sites for hydroxylation is 1. The van der Waals surface area contributed by atoms with Gasteiger partial charge in [0, 0.05) is 38.7 Å². The molecule has 1 atom stereocenters. The molecule has 3 fully saturated rings. The summed E-state index contributed by atoms with van der Waals surface area (Å²) in [5.74, 6) is 1.95. The predicted molar refractivity (Wildman–Crippen MR) is 98.0 cm³/mol. The minimum absolute atomic E-state index is 0.209. The van der Waals surface area contributed by atoms with E-state index < -0.39 is 0 Å². The molecule has 24 heavy (non-hydrogen) atoms. The lowest BCUT2D eigenvalue weighted by Crippen LogP contribution is -2.60. The van der Waals surface area contributed by atoms with E-state index in [-0.39, 0.29) is 10.7 Å². The normalized spacial score (nSPS) is 26.7. The van der Waals surface area contributed by atoms with Gasteiger partial charge in [-0.3, -0.25) is 4.79 Å². The number of likely N-dealkylation sites (tertiary alicyclic amines) is 1. The van der Waals surface area contributed by atoms with Crippen molar-refractivity contribution in [3.05, 3.63) is 21.9 Å². The van der Waals surface area contributed by atoms with E-state index >= 15 is 0 Å². The van der Waals surface area contributed by atoms with Gasteiger partial charge in [-0.05, 0) is 49.1 Å². The highest BCUT2D eigenvalue weighted by molar-refractivity contribution is 8.01. The minimum atomic E-state index is 0.209. The van der Waals surface area contributed by atoms with Gasteiger partial charge in [0.25, 0.3) is 5.91 Å². The average Bonchev–Trinajstić information content (AvgIpc) is 3.18. The van der Waals surface area contributed by atoms with Crippen LogP contribution in [-0.2, 0) is 9.47 Å². The Morgan fingerprint density at radius 2 is 2.21 bits per heavy atom. The lowest BCUT2D eigenvalue weighted by Gasteiger charge is -2.47. The molecule has 1 amide bonds. The molecule has 3 saturated heterocycles. The highest BCUT2D eigenvalue weighted by Crippen LogP contribution is 2.46. The second-order valence-corrected chi connectivity index (χ2v) is 9.71. The smallest absolute Gasteiger partial charge is 0.264 e. The molecule has 4 rings (SSSR count). The summed E-state index contributed by atoms with van der Waals surface area (Å²) in [6.45, 7) is 6.43. The van der Waals surface area contributed by atoms with Crippen LogP contribution in [0, 0.1) is 12.8 Å². The second kappa shape index (κ2) is 6.98. The number of thioether (sulfide) groups is 1. The monoisotopic (exact) mass is 367 g/mol. The fourth-order valence-electron chi connectivity index (χ4n) is 3.84. The molecule has 1 spiro atoms. The lowest BCUT2D eigenvalue weighted by atomic mass is 9.92. The highest BCUT2D eigenvalue weighted by Gasteiger charge is 2.51. The van der Waals surface area contributed by atoms with Crippen LogP contribution in [0.4, 0.5) is 0 Å². The number of nitrogens with zero attached hydrogens (tertiary/aromatic N) is 1. The van der Waals surface area contributed by atoms with Gasteiger partial charge in [-0.25, -0.2) is 0 Å². The molecule has 3 aliphatic heterocycles. The van der Waals surface area contributed by atoms with Gasteiger partial charge in [0.05, 0.1) is 15.7 Å². The van der Waals surface area contributed by atoms with Crippen molar-refractivity contribution in [2.75, 3.05) is 38.7 Å². The third kappa shape index (κ3) is 3.39. The molecule has 0 aliphatic carbocycles. The second-order valence-electron chi connectivity index (χ2n) is 7.30. The van der Waals surface area contributed by atoms with E-state index in [0.717, 1.165) is 68.4 Å². The quantitative estimate of drug-likeness (QED) is 0.819. The molecule has 0 saturated carbocycles.